The first-order chi connectivity index (χ1) is 16.5. The second kappa shape index (κ2) is 10.1. The quantitative estimate of drug-likeness (QED) is 0.388. The van der Waals surface area contributed by atoms with Crippen LogP contribution in [0.25, 0.3) is 10.6 Å². The lowest BCUT2D eigenvalue weighted by molar-refractivity contribution is -0.114. The molecule has 10 nitrogen and oxygen atoms in total. The van der Waals surface area contributed by atoms with Gasteiger partial charge in [0.2, 0.25) is 11.0 Å². The highest BCUT2D eigenvalue weighted by molar-refractivity contribution is 7.18. The number of aromatic nitrogens is 2. The Labute approximate surface area is 207 Å². The molecule has 2 aromatic rings. The fourth-order valence-corrected chi connectivity index (χ4v) is 6.15. The number of nitrogens with zero attached hydrogens (tertiary/aromatic N) is 3. The van der Waals surface area contributed by atoms with E-state index in [-0.39, 0.29) is 23.2 Å². The highest BCUT2D eigenvalue weighted by Crippen LogP contribution is 2.35. The number of hydrazine groups is 1. The second-order valence-electron chi connectivity index (χ2n) is 9.00. The molecule has 3 fully saturated rings. The van der Waals surface area contributed by atoms with Crippen LogP contribution in [0.1, 0.15) is 30.1 Å². The van der Waals surface area contributed by atoms with Crippen LogP contribution in [0.15, 0.2) is 18.2 Å². The summed E-state index contributed by atoms with van der Waals surface area (Å²) >= 11 is 8.20. The number of hydrogen-bond acceptors (Lipinski definition) is 9. The van der Waals surface area contributed by atoms with E-state index in [4.69, 9.17) is 11.6 Å². The number of nitrogens with one attached hydrogen (secondary N) is 5. The summed E-state index contributed by atoms with van der Waals surface area (Å²) in [7, 11) is 0. The van der Waals surface area contributed by atoms with Gasteiger partial charge in [-0.1, -0.05) is 11.3 Å². The van der Waals surface area contributed by atoms with Crippen molar-refractivity contribution in [1.29, 1.82) is 0 Å². The monoisotopic (exact) mass is 504 g/mol. The molecule has 2 amide bonds. The first kappa shape index (κ1) is 23.4. The highest BCUT2D eigenvalue weighted by atomic mass is 35.5. The van der Waals surface area contributed by atoms with E-state index >= 15 is 0 Å². The van der Waals surface area contributed by atoms with Crippen molar-refractivity contribution in [3.8, 4) is 10.6 Å². The number of rotatable bonds is 5. The molecule has 5 rings (SSSR count). The van der Waals surface area contributed by atoms with Crippen molar-refractivity contribution in [3.05, 3.63) is 23.8 Å². The number of carbonyl (C=O) groups excluding carboxylic acids is 2. The average Bonchev–Trinajstić information content (AvgIpc) is 3.50. The van der Waals surface area contributed by atoms with Crippen molar-refractivity contribution < 1.29 is 9.59 Å². The van der Waals surface area contributed by atoms with Gasteiger partial charge in [-0.15, -0.1) is 21.8 Å². The van der Waals surface area contributed by atoms with E-state index in [1.807, 2.05) is 17.0 Å². The lowest BCUT2D eigenvalue weighted by Crippen LogP contribution is -2.47. The topological polar surface area (TPSA) is 123 Å². The number of piperazine rings is 1. The third-order valence-corrected chi connectivity index (χ3v) is 8.14. The van der Waals surface area contributed by atoms with Gasteiger partial charge in [0, 0.05) is 74.5 Å². The van der Waals surface area contributed by atoms with Gasteiger partial charge in [-0.2, -0.15) is 0 Å². The minimum atomic E-state index is -0.197. The Morgan fingerprint density at radius 3 is 2.79 bits per heavy atom. The number of benzene rings is 1. The number of fused-ring (bicyclic) bond motifs is 1. The van der Waals surface area contributed by atoms with Gasteiger partial charge in [-0.3, -0.25) is 20.4 Å². The third-order valence-electron chi connectivity index (χ3n) is 6.61. The zero-order chi connectivity index (χ0) is 23.7. The lowest BCUT2D eigenvalue weighted by atomic mass is 9.82. The molecule has 12 heteroatoms. The smallest absolute Gasteiger partial charge is 0.254 e. The van der Waals surface area contributed by atoms with Crippen molar-refractivity contribution in [1.82, 2.24) is 31.3 Å². The number of halogens is 1. The average molecular weight is 505 g/mol. The first-order valence-electron chi connectivity index (χ1n) is 11.6. The molecule has 1 aromatic heterocycles. The molecule has 1 aliphatic carbocycles. The summed E-state index contributed by atoms with van der Waals surface area (Å²) in [6.45, 7) is 5.15. The molecule has 34 heavy (non-hydrogen) atoms. The number of anilines is 2. The van der Waals surface area contributed by atoms with Gasteiger partial charge in [0.15, 0.2) is 0 Å². The molecule has 3 aliphatic rings. The van der Waals surface area contributed by atoms with Crippen molar-refractivity contribution in [2.45, 2.75) is 37.2 Å². The molecule has 0 spiro atoms. The van der Waals surface area contributed by atoms with Crippen molar-refractivity contribution in [2.24, 2.45) is 5.92 Å². The SMILES string of the molecule is CC(=O)Nc1cc(C(=O)N2CCNCC2)cc(-c2nnc(NC3CCC4NNCC4C3Cl)s2)c1. The summed E-state index contributed by atoms with van der Waals surface area (Å²) in [4.78, 5) is 26.7. The van der Waals surface area contributed by atoms with Crippen LogP contribution in [-0.2, 0) is 4.79 Å². The molecule has 5 N–H and O–H groups in total. The summed E-state index contributed by atoms with van der Waals surface area (Å²) in [5, 5.41) is 19.6. The predicted octanol–water partition coefficient (Wildman–Crippen LogP) is 1.48. The van der Waals surface area contributed by atoms with Gasteiger partial charge in [0.1, 0.15) is 5.01 Å². The van der Waals surface area contributed by atoms with Crippen LogP contribution in [0.2, 0.25) is 0 Å². The third kappa shape index (κ3) is 5.03. The molecule has 0 radical (unpaired) electrons. The molecule has 2 saturated heterocycles. The van der Waals surface area contributed by atoms with Crippen LogP contribution in [0.4, 0.5) is 10.8 Å². The molecule has 182 valence electrons. The van der Waals surface area contributed by atoms with Gasteiger partial charge >= 0.3 is 0 Å². The molecular weight excluding hydrogens is 476 g/mol. The van der Waals surface area contributed by atoms with Crippen LogP contribution >= 0.6 is 22.9 Å². The summed E-state index contributed by atoms with van der Waals surface area (Å²) in [5.41, 5.74) is 8.34. The van der Waals surface area contributed by atoms with E-state index < -0.39 is 0 Å². The van der Waals surface area contributed by atoms with Gasteiger partial charge < -0.3 is 20.9 Å². The molecule has 4 unspecified atom stereocenters. The highest BCUT2D eigenvalue weighted by Gasteiger charge is 2.41. The summed E-state index contributed by atoms with van der Waals surface area (Å²) < 4.78 is 0. The molecule has 0 bridgehead atoms. The zero-order valence-electron chi connectivity index (χ0n) is 18.9. The molecule has 1 saturated carbocycles. The largest absolute Gasteiger partial charge is 0.356 e. The normalized spacial score (nSPS) is 26.7. The summed E-state index contributed by atoms with van der Waals surface area (Å²) in [6.07, 6.45) is 1.99. The van der Waals surface area contributed by atoms with Crippen LogP contribution in [0.5, 0.6) is 0 Å². The van der Waals surface area contributed by atoms with Gasteiger partial charge in [-0.05, 0) is 31.0 Å². The molecule has 4 atom stereocenters. The Morgan fingerprint density at radius 2 is 2.00 bits per heavy atom. The first-order valence-corrected chi connectivity index (χ1v) is 12.9. The molecule has 1 aromatic carbocycles. The van der Waals surface area contributed by atoms with E-state index in [1.165, 1.54) is 18.3 Å². The van der Waals surface area contributed by atoms with Gasteiger partial charge in [0.05, 0.1) is 5.38 Å². The Morgan fingerprint density at radius 1 is 1.18 bits per heavy atom. The maximum Gasteiger partial charge on any atom is 0.254 e. The van der Waals surface area contributed by atoms with E-state index in [2.05, 4.69) is 37.0 Å². The van der Waals surface area contributed by atoms with Crippen LogP contribution in [0.3, 0.4) is 0 Å². The summed E-state index contributed by atoms with van der Waals surface area (Å²) in [6, 6.07) is 5.89. The Kier molecular flexibility index (Phi) is 6.98. The van der Waals surface area contributed by atoms with E-state index in [0.29, 0.717) is 46.4 Å². The van der Waals surface area contributed by atoms with E-state index in [0.717, 1.165) is 38.0 Å². The molecular formula is C22H29ClN8O2S. The van der Waals surface area contributed by atoms with Crippen molar-refractivity contribution >= 4 is 45.6 Å². The fraction of sp³-hybridized carbons (Fsp3) is 0.545. The minimum Gasteiger partial charge on any atom is -0.356 e. The fourth-order valence-electron chi connectivity index (χ4n) is 4.90. The lowest BCUT2D eigenvalue weighted by Gasteiger charge is -2.35. The van der Waals surface area contributed by atoms with E-state index in [1.54, 1.807) is 6.07 Å². The Bertz CT molecular complexity index is 1060. The number of alkyl halides is 1. The maximum absolute atomic E-state index is 13.1. The number of hydrogen-bond donors (Lipinski definition) is 5. The standard InChI is InChI=1S/C22H29ClN8O2S/c1-12(32)26-15-9-13(8-14(10-15)21(33)31-6-4-24-5-7-31)20-29-30-22(34-20)27-18-3-2-17-16(19(18)23)11-25-28-17/h8-10,16-19,24-25,28H,2-7,11H2,1H3,(H,26,32)(H,27,30). The van der Waals surface area contributed by atoms with Crippen molar-refractivity contribution in [3.63, 3.8) is 0 Å². The molecule has 2 aliphatic heterocycles. The van der Waals surface area contributed by atoms with Crippen LogP contribution < -0.4 is 26.8 Å². The second-order valence-corrected chi connectivity index (χ2v) is 10.5. The Hall–Kier alpha value is -2.31. The maximum atomic E-state index is 13.1. The number of amides is 2. The van der Waals surface area contributed by atoms with Gasteiger partial charge in [-0.25, -0.2) is 0 Å². The minimum absolute atomic E-state index is 0.0139. The zero-order valence-corrected chi connectivity index (χ0v) is 20.5. The Balaban J connectivity index is 1.36. The number of carbonyl (C=O) groups is 2. The summed E-state index contributed by atoms with van der Waals surface area (Å²) in [5.74, 6) is 0.114. The van der Waals surface area contributed by atoms with Crippen LogP contribution in [0, 0.1) is 5.92 Å². The van der Waals surface area contributed by atoms with Crippen molar-refractivity contribution in [2.75, 3.05) is 43.4 Å². The molecule has 3 heterocycles. The van der Waals surface area contributed by atoms with Crippen LogP contribution in [-0.4, -0.2) is 77.1 Å². The predicted molar refractivity (Wildman–Crippen MR) is 133 cm³/mol. The van der Waals surface area contributed by atoms with E-state index in [9.17, 15) is 9.59 Å². The van der Waals surface area contributed by atoms with Gasteiger partial charge in [0.25, 0.3) is 5.91 Å².